The van der Waals surface area contributed by atoms with Crippen LogP contribution in [0.25, 0.3) is 22.5 Å². The Labute approximate surface area is 132 Å². The van der Waals surface area contributed by atoms with Gasteiger partial charge in [0.25, 0.3) is 0 Å². The largest absolute Gasteiger partial charge is 0.368 e. The van der Waals surface area contributed by atoms with Gasteiger partial charge in [-0.1, -0.05) is 57.9 Å². The SMILES string of the molecule is Cc1ccc(-c2cc(-c3cccc(Br)c3)nc(N)n2)cc1. The van der Waals surface area contributed by atoms with Crippen LogP contribution in [0.15, 0.2) is 59.1 Å². The fraction of sp³-hybridized carbons (Fsp3) is 0.0588. The van der Waals surface area contributed by atoms with E-state index in [1.165, 1.54) is 5.56 Å². The zero-order chi connectivity index (χ0) is 14.8. The van der Waals surface area contributed by atoms with Crippen LogP contribution in [-0.4, -0.2) is 9.97 Å². The number of rotatable bonds is 2. The van der Waals surface area contributed by atoms with Crippen LogP contribution in [0.1, 0.15) is 5.56 Å². The van der Waals surface area contributed by atoms with E-state index in [2.05, 4.69) is 45.0 Å². The van der Waals surface area contributed by atoms with Gasteiger partial charge in [-0.25, -0.2) is 9.97 Å². The fourth-order valence-corrected chi connectivity index (χ4v) is 2.53. The second-order valence-electron chi connectivity index (χ2n) is 4.87. The molecule has 104 valence electrons. The maximum Gasteiger partial charge on any atom is 0.221 e. The molecule has 21 heavy (non-hydrogen) atoms. The molecule has 0 spiro atoms. The van der Waals surface area contributed by atoms with E-state index in [0.717, 1.165) is 27.0 Å². The molecule has 2 N–H and O–H groups in total. The lowest BCUT2D eigenvalue weighted by Crippen LogP contribution is -1.98. The fourth-order valence-electron chi connectivity index (χ4n) is 2.13. The van der Waals surface area contributed by atoms with Crippen molar-refractivity contribution in [3.63, 3.8) is 0 Å². The van der Waals surface area contributed by atoms with Gasteiger partial charge in [-0.15, -0.1) is 0 Å². The zero-order valence-corrected chi connectivity index (χ0v) is 13.1. The van der Waals surface area contributed by atoms with Crippen LogP contribution in [0.2, 0.25) is 0 Å². The Kier molecular flexibility index (Phi) is 3.71. The van der Waals surface area contributed by atoms with Gasteiger partial charge in [0.05, 0.1) is 11.4 Å². The van der Waals surface area contributed by atoms with Crippen LogP contribution in [-0.2, 0) is 0 Å². The number of nitrogens with zero attached hydrogens (tertiary/aromatic N) is 2. The van der Waals surface area contributed by atoms with Crippen molar-refractivity contribution in [1.29, 1.82) is 0 Å². The molecule has 3 rings (SSSR count). The molecule has 0 radical (unpaired) electrons. The van der Waals surface area contributed by atoms with Crippen LogP contribution < -0.4 is 5.73 Å². The van der Waals surface area contributed by atoms with Gasteiger partial charge in [-0.2, -0.15) is 0 Å². The van der Waals surface area contributed by atoms with Crippen molar-refractivity contribution >= 4 is 21.9 Å². The Hall–Kier alpha value is -2.20. The third-order valence-electron chi connectivity index (χ3n) is 3.21. The Morgan fingerprint density at radius 3 is 2.19 bits per heavy atom. The minimum absolute atomic E-state index is 0.281. The number of hydrogen-bond acceptors (Lipinski definition) is 3. The summed E-state index contributed by atoms with van der Waals surface area (Å²) in [5, 5.41) is 0. The van der Waals surface area contributed by atoms with E-state index < -0.39 is 0 Å². The van der Waals surface area contributed by atoms with Crippen LogP contribution in [0, 0.1) is 6.92 Å². The standard InChI is InChI=1S/C17H14BrN3/c1-11-5-7-12(8-6-11)15-10-16(21-17(19)20-15)13-3-2-4-14(18)9-13/h2-10H,1H3,(H2,19,20,21). The number of halogens is 1. The monoisotopic (exact) mass is 339 g/mol. The third kappa shape index (κ3) is 3.11. The summed E-state index contributed by atoms with van der Waals surface area (Å²) in [7, 11) is 0. The maximum atomic E-state index is 5.87. The predicted octanol–water partition coefficient (Wildman–Crippen LogP) is 4.46. The van der Waals surface area contributed by atoms with Gasteiger partial charge in [0.1, 0.15) is 0 Å². The number of nitrogen functional groups attached to an aromatic ring is 1. The lowest BCUT2D eigenvalue weighted by molar-refractivity contribution is 1.19. The van der Waals surface area contributed by atoms with Gasteiger partial charge < -0.3 is 5.73 Å². The molecule has 0 saturated heterocycles. The summed E-state index contributed by atoms with van der Waals surface area (Å²) in [6.07, 6.45) is 0. The molecule has 0 aliphatic carbocycles. The molecule has 0 saturated carbocycles. The van der Waals surface area contributed by atoms with Gasteiger partial charge in [-0.05, 0) is 25.1 Å². The average Bonchev–Trinajstić information content (AvgIpc) is 2.47. The molecule has 0 aliphatic heterocycles. The first kappa shape index (κ1) is 13.8. The molecular weight excluding hydrogens is 326 g/mol. The molecular formula is C17H14BrN3. The summed E-state index contributed by atoms with van der Waals surface area (Å²) in [5.74, 6) is 0.281. The molecule has 0 amide bonds. The zero-order valence-electron chi connectivity index (χ0n) is 11.5. The predicted molar refractivity (Wildman–Crippen MR) is 89.8 cm³/mol. The number of aromatic nitrogens is 2. The summed E-state index contributed by atoms with van der Waals surface area (Å²) < 4.78 is 1.01. The Bertz CT molecular complexity index is 782. The van der Waals surface area contributed by atoms with Crippen molar-refractivity contribution in [2.45, 2.75) is 6.92 Å². The summed E-state index contributed by atoms with van der Waals surface area (Å²) in [4.78, 5) is 8.67. The first-order valence-electron chi connectivity index (χ1n) is 6.59. The highest BCUT2D eigenvalue weighted by atomic mass is 79.9. The second kappa shape index (κ2) is 5.66. The highest BCUT2D eigenvalue weighted by Gasteiger charge is 2.07. The summed E-state index contributed by atoms with van der Waals surface area (Å²) in [5.41, 5.74) is 10.8. The van der Waals surface area contributed by atoms with Crippen molar-refractivity contribution in [3.05, 3.63) is 64.6 Å². The Balaban J connectivity index is 2.10. The molecule has 0 unspecified atom stereocenters. The molecule has 3 nitrogen and oxygen atoms in total. The van der Waals surface area contributed by atoms with Crippen LogP contribution in [0.3, 0.4) is 0 Å². The van der Waals surface area contributed by atoms with Gasteiger partial charge >= 0.3 is 0 Å². The summed E-state index contributed by atoms with van der Waals surface area (Å²) >= 11 is 3.47. The van der Waals surface area contributed by atoms with Crippen LogP contribution in [0.5, 0.6) is 0 Å². The van der Waals surface area contributed by atoms with Crippen molar-refractivity contribution < 1.29 is 0 Å². The average molecular weight is 340 g/mol. The topological polar surface area (TPSA) is 51.8 Å². The highest BCUT2D eigenvalue weighted by molar-refractivity contribution is 9.10. The second-order valence-corrected chi connectivity index (χ2v) is 5.79. The molecule has 0 aliphatic rings. The lowest BCUT2D eigenvalue weighted by Gasteiger charge is -2.07. The number of nitrogens with two attached hydrogens (primary N) is 1. The molecule has 1 heterocycles. The van der Waals surface area contributed by atoms with E-state index in [4.69, 9.17) is 5.73 Å². The summed E-state index contributed by atoms with van der Waals surface area (Å²) in [6, 6.07) is 18.1. The molecule has 2 aromatic carbocycles. The van der Waals surface area contributed by atoms with Crippen molar-refractivity contribution in [1.82, 2.24) is 9.97 Å². The van der Waals surface area contributed by atoms with E-state index in [-0.39, 0.29) is 5.95 Å². The van der Waals surface area contributed by atoms with Crippen molar-refractivity contribution in [2.75, 3.05) is 5.73 Å². The maximum absolute atomic E-state index is 5.87. The number of anilines is 1. The molecule has 1 aromatic heterocycles. The van der Waals surface area contributed by atoms with Gasteiger partial charge in [-0.3, -0.25) is 0 Å². The first-order chi connectivity index (χ1) is 10.1. The van der Waals surface area contributed by atoms with Gasteiger partial charge in [0, 0.05) is 15.6 Å². The van der Waals surface area contributed by atoms with Crippen LogP contribution in [0.4, 0.5) is 5.95 Å². The number of benzene rings is 2. The van der Waals surface area contributed by atoms with E-state index >= 15 is 0 Å². The first-order valence-corrected chi connectivity index (χ1v) is 7.39. The molecule has 3 aromatic rings. The van der Waals surface area contributed by atoms with Gasteiger partial charge in [0.2, 0.25) is 5.95 Å². The Morgan fingerprint density at radius 1 is 0.857 bits per heavy atom. The molecule has 0 fully saturated rings. The van der Waals surface area contributed by atoms with E-state index in [1.54, 1.807) is 0 Å². The number of aryl methyl sites for hydroxylation is 1. The highest BCUT2D eigenvalue weighted by Crippen LogP contribution is 2.26. The van der Waals surface area contributed by atoms with E-state index in [9.17, 15) is 0 Å². The normalized spacial score (nSPS) is 10.6. The molecule has 0 atom stereocenters. The minimum atomic E-state index is 0.281. The smallest absolute Gasteiger partial charge is 0.221 e. The molecule has 4 heteroatoms. The van der Waals surface area contributed by atoms with Crippen molar-refractivity contribution in [2.24, 2.45) is 0 Å². The Morgan fingerprint density at radius 2 is 1.52 bits per heavy atom. The third-order valence-corrected chi connectivity index (χ3v) is 3.70. The van der Waals surface area contributed by atoms with Gasteiger partial charge in [0.15, 0.2) is 0 Å². The quantitative estimate of drug-likeness (QED) is 0.749. The number of hydrogen-bond donors (Lipinski definition) is 1. The van der Waals surface area contributed by atoms with Crippen LogP contribution >= 0.6 is 15.9 Å². The van der Waals surface area contributed by atoms with Crippen molar-refractivity contribution in [3.8, 4) is 22.5 Å². The lowest BCUT2D eigenvalue weighted by atomic mass is 10.1. The summed E-state index contributed by atoms with van der Waals surface area (Å²) in [6.45, 7) is 2.06. The van der Waals surface area contributed by atoms with E-state index in [0.29, 0.717) is 0 Å². The molecule has 0 bridgehead atoms. The minimum Gasteiger partial charge on any atom is -0.368 e. The van der Waals surface area contributed by atoms with E-state index in [1.807, 2.05) is 42.5 Å².